The summed E-state index contributed by atoms with van der Waals surface area (Å²) < 4.78 is 0. The van der Waals surface area contributed by atoms with Gasteiger partial charge in [-0.1, -0.05) is 43.0 Å². The second-order valence-electron chi connectivity index (χ2n) is 11.4. The summed E-state index contributed by atoms with van der Waals surface area (Å²) in [5, 5.41) is 10.2. The van der Waals surface area contributed by atoms with E-state index in [-0.39, 0.29) is 30.0 Å². The first-order chi connectivity index (χ1) is 17.5. The van der Waals surface area contributed by atoms with Gasteiger partial charge >= 0.3 is 0 Å². The Labute approximate surface area is 225 Å². The normalized spacial score (nSPS) is 38.0. The van der Waals surface area contributed by atoms with E-state index in [4.69, 9.17) is 23.2 Å². The van der Waals surface area contributed by atoms with Crippen molar-refractivity contribution in [1.29, 1.82) is 0 Å². The predicted molar refractivity (Wildman–Crippen MR) is 137 cm³/mol. The first-order valence-corrected chi connectivity index (χ1v) is 13.8. The Bertz CT molecular complexity index is 1270. The molecule has 9 heteroatoms. The highest BCUT2D eigenvalue weighted by atomic mass is 35.5. The number of hydrogen-bond acceptors (Lipinski definition) is 5. The van der Waals surface area contributed by atoms with Gasteiger partial charge in [-0.05, 0) is 55.7 Å². The number of nitrogens with zero attached hydrogens (tertiary/aromatic N) is 2. The van der Waals surface area contributed by atoms with Crippen molar-refractivity contribution >= 4 is 46.8 Å². The molecule has 37 heavy (non-hydrogen) atoms. The molecule has 0 radical (unpaired) electrons. The lowest BCUT2D eigenvalue weighted by molar-refractivity contribution is -0.144. The van der Waals surface area contributed by atoms with Crippen LogP contribution in [0.5, 0.6) is 5.75 Å². The number of carbonyl (C=O) groups excluding carboxylic acids is 4. The fourth-order valence-electron chi connectivity index (χ4n) is 7.70. The highest BCUT2D eigenvalue weighted by Crippen LogP contribution is 2.65. The number of fused-ring (bicyclic) bond motifs is 4. The summed E-state index contributed by atoms with van der Waals surface area (Å²) in [4.78, 5) is 53.5. The van der Waals surface area contributed by atoms with Crippen LogP contribution >= 0.6 is 23.2 Å². The van der Waals surface area contributed by atoms with Gasteiger partial charge in [-0.25, -0.2) is 0 Å². The minimum absolute atomic E-state index is 0.00502. The summed E-state index contributed by atoms with van der Waals surface area (Å²) in [6.45, 7) is 1.74. The van der Waals surface area contributed by atoms with E-state index >= 15 is 0 Å². The van der Waals surface area contributed by atoms with Crippen molar-refractivity contribution in [3.63, 3.8) is 0 Å². The van der Waals surface area contributed by atoms with E-state index in [0.29, 0.717) is 17.5 Å². The minimum Gasteiger partial charge on any atom is -0.508 e. The number of allylic oxidation sites excluding steroid dienone is 2. The quantitative estimate of drug-likeness (QED) is 0.344. The number of aryl methyl sites for hydroxylation is 1. The molecule has 0 bridgehead atoms. The van der Waals surface area contributed by atoms with Gasteiger partial charge in [-0.3, -0.25) is 29.0 Å². The number of phenols is 1. The van der Waals surface area contributed by atoms with Crippen molar-refractivity contribution in [2.45, 2.75) is 73.6 Å². The van der Waals surface area contributed by atoms with Crippen LogP contribution in [0.1, 0.15) is 62.0 Å². The molecular weight excluding hydrogens is 515 g/mol. The molecule has 1 aromatic rings. The first-order valence-electron chi connectivity index (χ1n) is 13.1. The van der Waals surface area contributed by atoms with Crippen LogP contribution in [0.4, 0.5) is 0 Å². The topological polar surface area (TPSA) is 95.0 Å². The number of hydrogen-bond donors (Lipinski definition) is 1. The zero-order valence-corrected chi connectivity index (χ0v) is 22.4. The molecule has 2 saturated carbocycles. The molecule has 2 aliphatic heterocycles. The molecule has 6 atom stereocenters. The third kappa shape index (κ3) is 3.13. The van der Waals surface area contributed by atoms with Gasteiger partial charge in [0, 0.05) is 19.0 Å². The van der Waals surface area contributed by atoms with Crippen molar-refractivity contribution < 1.29 is 24.3 Å². The predicted octanol–water partition coefficient (Wildman–Crippen LogP) is 4.02. The summed E-state index contributed by atoms with van der Waals surface area (Å²) >= 11 is 14.3. The molecule has 1 N–H and O–H groups in total. The van der Waals surface area contributed by atoms with Crippen LogP contribution in [0.15, 0.2) is 29.8 Å². The molecular formula is C28H30Cl2N2O5. The van der Waals surface area contributed by atoms with Crippen molar-refractivity contribution in [3.05, 3.63) is 41.0 Å². The average molecular weight is 545 g/mol. The first kappa shape index (κ1) is 24.9. The van der Waals surface area contributed by atoms with Crippen LogP contribution in [0.3, 0.4) is 0 Å². The zero-order valence-electron chi connectivity index (χ0n) is 20.9. The molecule has 1 aromatic carbocycles. The fourth-order valence-corrected chi connectivity index (χ4v) is 8.72. The van der Waals surface area contributed by atoms with Crippen LogP contribution in [-0.2, 0) is 19.2 Å². The molecule has 0 spiro atoms. The highest BCUT2D eigenvalue weighted by molar-refractivity contribution is 6.53. The van der Waals surface area contributed by atoms with E-state index in [9.17, 15) is 24.3 Å². The van der Waals surface area contributed by atoms with Gasteiger partial charge in [-0.2, -0.15) is 0 Å². The van der Waals surface area contributed by atoms with Crippen molar-refractivity contribution in [2.24, 2.45) is 17.8 Å². The molecule has 2 saturated heterocycles. The third-order valence-corrected chi connectivity index (χ3v) is 11.0. The highest BCUT2D eigenvalue weighted by Gasteiger charge is 2.75. The summed E-state index contributed by atoms with van der Waals surface area (Å²) in [5.41, 5.74) is 2.01. The van der Waals surface area contributed by atoms with Crippen LogP contribution < -0.4 is 0 Å². The largest absolute Gasteiger partial charge is 0.508 e. The van der Waals surface area contributed by atoms with Crippen LogP contribution in [-0.4, -0.2) is 61.4 Å². The Kier molecular flexibility index (Phi) is 5.60. The number of aromatic hydroxyl groups is 1. The fraction of sp³-hybridized carbons (Fsp3) is 0.571. The number of amides is 4. The van der Waals surface area contributed by atoms with Gasteiger partial charge in [-0.15, -0.1) is 23.2 Å². The number of imide groups is 2. The van der Waals surface area contributed by atoms with Crippen LogP contribution in [0.2, 0.25) is 0 Å². The Morgan fingerprint density at radius 1 is 0.973 bits per heavy atom. The van der Waals surface area contributed by atoms with E-state index in [2.05, 4.69) is 0 Å². The van der Waals surface area contributed by atoms with Crippen molar-refractivity contribution in [1.82, 2.24) is 9.80 Å². The lowest BCUT2D eigenvalue weighted by Gasteiger charge is -2.50. The number of phenolic OH excluding ortho intramolecular Hbond substituents is 1. The van der Waals surface area contributed by atoms with Gasteiger partial charge in [0.05, 0.1) is 11.8 Å². The summed E-state index contributed by atoms with van der Waals surface area (Å²) in [5.74, 6) is -3.83. The number of alkyl halides is 2. The lowest BCUT2D eigenvalue weighted by atomic mass is 9.56. The molecule has 7 nitrogen and oxygen atoms in total. The van der Waals surface area contributed by atoms with E-state index in [1.54, 1.807) is 19.1 Å². The maximum atomic E-state index is 13.9. The van der Waals surface area contributed by atoms with Gasteiger partial charge in [0.2, 0.25) is 11.8 Å². The lowest BCUT2D eigenvalue weighted by Crippen LogP contribution is -2.60. The van der Waals surface area contributed by atoms with E-state index in [0.717, 1.165) is 42.6 Å². The molecule has 4 fully saturated rings. The Morgan fingerprint density at radius 3 is 2.35 bits per heavy atom. The molecule has 5 aliphatic rings. The molecule has 196 valence electrons. The molecule has 0 aromatic heterocycles. The van der Waals surface area contributed by atoms with Crippen LogP contribution in [0, 0.1) is 24.7 Å². The van der Waals surface area contributed by atoms with E-state index < -0.39 is 45.2 Å². The second-order valence-corrected chi connectivity index (χ2v) is 12.6. The number of halogens is 2. The second kappa shape index (κ2) is 8.31. The maximum Gasteiger partial charge on any atom is 0.253 e. The Balaban J connectivity index is 1.49. The van der Waals surface area contributed by atoms with Crippen molar-refractivity contribution in [3.8, 4) is 5.75 Å². The monoisotopic (exact) mass is 544 g/mol. The standard InChI is InChI=1S/C28H30Cl2N2O5/c1-14-12-15(8-11-20(14)33)22-17-9-10-18-21(24(35)32(23(18)34)16-6-4-3-5-7-16)19(17)13-27(29)25(36)31(2)26(37)28(22,27)30/h8-9,11-12,16,18-19,21-22,33H,3-7,10,13H2,1-2H3. The minimum atomic E-state index is -1.80. The van der Waals surface area contributed by atoms with Gasteiger partial charge in [0.1, 0.15) is 5.75 Å². The SMILES string of the molecule is Cc1cc(C2C3=CCC4C(=O)N(C5CCCCC5)C(=O)C4C3CC3(Cl)C(=O)N(C)C(=O)C23Cl)ccc1O. The van der Waals surface area contributed by atoms with Gasteiger partial charge < -0.3 is 5.11 Å². The Morgan fingerprint density at radius 2 is 1.68 bits per heavy atom. The molecule has 6 unspecified atom stereocenters. The molecule has 6 rings (SSSR count). The number of likely N-dealkylation sites (tertiary alicyclic amines) is 2. The van der Waals surface area contributed by atoms with E-state index in [1.807, 2.05) is 6.08 Å². The Hall–Kier alpha value is -2.38. The maximum absolute atomic E-state index is 13.9. The van der Waals surface area contributed by atoms with Gasteiger partial charge in [0.15, 0.2) is 9.75 Å². The van der Waals surface area contributed by atoms with Crippen molar-refractivity contribution in [2.75, 3.05) is 7.05 Å². The summed E-state index contributed by atoms with van der Waals surface area (Å²) in [6.07, 6.45) is 7.06. The van der Waals surface area contributed by atoms with E-state index in [1.165, 1.54) is 18.0 Å². The smallest absolute Gasteiger partial charge is 0.253 e. The average Bonchev–Trinajstić information content (AvgIpc) is 3.21. The third-order valence-electron chi connectivity index (χ3n) is 9.54. The van der Waals surface area contributed by atoms with Crippen LogP contribution in [0.25, 0.3) is 0 Å². The number of carbonyl (C=O) groups is 4. The number of rotatable bonds is 2. The molecule has 2 heterocycles. The summed E-state index contributed by atoms with van der Waals surface area (Å²) in [7, 11) is 1.38. The number of benzene rings is 1. The molecule has 4 amide bonds. The zero-order chi connectivity index (χ0) is 26.4. The summed E-state index contributed by atoms with van der Waals surface area (Å²) in [6, 6.07) is 4.90. The van der Waals surface area contributed by atoms with Gasteiger partial charge in [0.25, 0.3) is 11.8 Å². The molecule has 3 aliphatic carbocycles.